The maximum atomic E-state index is 12.3. The molecule has 24 heavy (non-hydrogen) atoms. The minimum atomic E-state index is -0.182. The number of carbonyl (C=O) groups excluding carboxylic acids is 1. The summed E-state index contributed by atoms with van der Waals surface area (Å²) in [5.74, 6) is 0.167. The molecule has 0 aliphatic heterocycles. The van der Waals surface area contributed by atoms with Crippen LogP contribution in [0.15, 0.2) is 42.5 Å². The highest BCUT2D eigenvalue weighted by atomic mass is 35.5. The third kappa shape index (κ3) is 3.48. The predicted octanol–water partition coefficient (Wildman–Crippen LogP) is 5.77. The van der Waals surface area contributed by atoms with Gasteiger partial charge in [-0.2, -0.15) is 0 Å². The van der Waals surface area contributed by atoms with Gasteiger partial charge in [0.15, 0.2) is 18.1 Å². The highest BCUT2D eigenvalue weighted by Gasteiger charge is 2.15. The second-order valence-corrected chi connectivity index (χ2v) is 6.49. The highest BCUT2D eigenvalue weighted by molar-refractivity contribution is 6.39. The van der Waals surface area contributed by atoms with Gasteiger partial charge in [0, 0.05) is 21.7 Å². The van der Waals surface area contributed by atoms with Crippen LogP contribution < -0.4 is 4.74 Å². The molecule has 2 aromatic carbocycles. The van der Waals surface area contributed by atoms with Crippen molar-refractivity contribution < 1.29 is 9.53 Å². The number of hydrogen-bond acceptors (Lipinski definition) is 3. The Hall–Kier alpha value is -1.81. The molecule has 0 radical (unpaired) electrons. The number of ketones is 1. The van der Waals surface area contributed by atoms with Crippen molar-refractivity contribution in [3.05, 3.63) is 68.8 Å². The number of carbonyl (C=O) groups is 1. The third-order valence-corrected chi connectivity index (χ3v) is 4.34. The Balaban J connectivity index is 1.91. The zero-order chi connectivity index (χ0) is 17.3. The van der Waals surface area contributed by atoms with Gasteiger partial charge in [0.2, 0.25) is 0 Å². The Bertz CT molecular complexity index is 924. The largest absolute Gasteiger partial charge is 0.482 e. The highest BCUT2D eigenvalue weighted by Crippen LogP contribution is 2.37. The van der Waals surface area contributed by atoms with Crippen molar-refractivity contribution in [1.29, 1.82) is 0 Å². The van der Waals surface area contributed by atoms with Gasteiger partial charge in [-0.15, -0.1) is 0 Å². The molecular formula is C18H12Cl3NO2. The second kappa shape index (κ2) is 6.98. The average molecular weight is 381 g/mol. The lowest BCUT2D eigenvalue weighted by molar-refractivity contribution is 0.0922. The number of aromatic nitrogens is 1. The summed E-state index contributed by atoms with van der Waals surface area (Å²) >= 11 is 18.3. The number of hydrogen-bond donors (Lipinski definition) is 0. The van der Waals surface area contributed by atoms with E-state index in [0.29, 0.717) is 31.9 Å². The standard InChI is InChI=1S/C18H12Cl3NO2/c1-10-2-7-13-14(20)8-15(21)18(17(13)22-10)24-9-16(23)11-3-5-12(19)6-4-11/h2-8H,9H2,1H3. The average Bonchev–Trinajstić information content (AvgIpc) is 2.54. The van der Waals surface area contributed by atoms with Gasteiger partial charge >= 0.3 is 0 Å². The van der Waals surface area contributed by atoms with Crippen LogP contribution in [-0.2, 0) is 0 Å². The van der Waals surface area contributed by atoms with E-state index < -0.39 is 0 Å². The minimum absolute atomic E-state index is 0.159. The van der Waals surface area contributed by atoms with Crippen LogP contribution in [0.3, 0.4) is 0 Å². The number of aryl methyl sites for hydroxylation is 1. The lowest BCUT2D eigenvalue weighted by Gasteiger charge is -2.12. The van der Waals surface area contributed by atoms with E-state index in [1.165, 1.54) is 0 Å². The molecule has 0 aliphatic carbocycles. The quantitative estimate of drug-likeness (QED) is 0.540. The fourth-order valence-electron chi connectivity index (χ4n) is 2.28. The Morgan fingerprint density at radius 2 is 1.75 bits per heavy atom. The second-order valence-electron chi connectivity index (χ2n) is 5.24. The fraction of sp³-hybridized carbons (Fsp3) is 0.111. The zero-order valence-corrected chi connectivity index (χ0v) is 14.9. The number of ether oxygens (including phenoxy) is 1. The van der Waals surface area contributed by atoms with Crippen molar-refractivity contribution in [1.82, 2.24) is 4.98 Å². The Morgan fingerprint density at radius 1 is 1.04 bits per heavy atom. The molecule has 3 nitrogen and oxygen atoms in total. The van der Waals surface area contributed by atoms with Crippen molar-refractivity contribution in [2.45, 2.75) is 6.92 Å². The summed E-state index contributed by atoms with van der Waals surface area (Å²) in [4.78, 5) is 16.7. The van der Waals surface area contributed by atoms with Gasteiger partial charge in [-0.25, -0.2) is 4.98 Å². The van der Waals surface area contributed by atoms with Crippen LogP contribution in [0.5, 0.6) is 5.75 Å². The number of benzene rings is 2. The molecule has 0 fully saturated rings. The van der Waals surface area contributed by atoms with Crippen molar-refractivity contribution in [3.63, 3.8) is 0 Å². The molecule has 0 N–H and O–H groups in total. The summed E-state index contributed by atoms with van der Waals surface area (Å²) < 4.78 is 5.67. The summed E-state index contributed by atoms with van der Waals surface area (Å²) in [5.41, 5.74) is 1.85. The Kier molecular flexibility index (Phi) is 4.95. The van der Waals surface area contributed by atoms with E-state index in [0.717, 1.165) is 11.1 Å². The molecule has 1 aromatic heterocycles. The molecule has 3 aromatic rings. The number of rotatable bonds is 4. The number of fused-ring (bicyclic) bond motifs is 1. The van der Waals surface area contributed by atoms with Gasteiger partial charge in [0.25, 0.3) is 0 Å². The summed E-state index contributed by atoms with van der Waals surface area (Å²) in [6.07, 6.45) is 0. The first-order chi connectivity index (χ1) is 11.5. The van der Waals surface area contributed by atoms with E-state index in [4.69, 9.17) is 39.5 Å². The van der Waals surface area contributed by atoms with Crippen LogP contribution in [-0.4, -0.2) is 17.4 Å². The van der Waals surface area contributed by atoms with Crippen LogP contribution in [0.25, 0.3) is 10.9 Å². The van der Waals surface area contributed by atoms with E-state index in [1.807, 2.05) is 19.1 Å². The third-order valence-electron chi connectivity index (χ3n) is 3.49. The Labute approximate surface area is 154 Å². The molecule has 0 spiro atoms. The molecule has 6 heteroatoms. The minimum Gasteiger partial charge on any atom is -0.482 e. The smallest absolute Gasteiger partial charge is 0.200 e. The van der Waals surface area contributed by atoms with E-state index in [1.54, 1.807) is 30.3 Å². The first kappa shape index (κ1) is 17.0. The molecule has 0 amide bonds. The van der Waals surface area contributed by atoms with Gasteiger partial charge < -0.3 is 4.74 Å². The first-order valence-electron chi connectivity index (χ1n) is 7.12. The number of nitrogens with zero attached hydrogens (tertiary/aromatic N) is 1. The SMILES string of the molecule is Cc1ccc2c(Cl)cc(Cl)c(OCC(=O)c3ccc(Cl)cc3)c2n1. The number of pyridine rings is 1. The van der Waals surface area contributed by atoms with E-state index in [2.05, 4.69) is 4.98 Å². The van der Waals surface area contributed by atoms with Crippen LogP contribution in [0.4, 0.5) is 0 Å². The molecule has 0 atom stereocenters. The van der Waals surface area contributed by atoms with E-state index >= 15 is 0 Å². The molecule has 0 bridgehead atoms. The van der Waals surface area contributed by atoms with Crippen LogP contribution in [0, 0.1) is 6.92 Å². The molecule has 1 heterocycles. The predicted molar refractivity (Wildman–Crippen MR) is 97.8 cm³/mol. The molecular weight excluding hydrogens is 369 g/mol. The summed E-state index contributed by atoms with van der Waals surface area (Å²) in [6.45, 7) is 1.70. The fourth-order valence-corrected chi connectivity index (χ4v) is 2.98. The topological polar surface area (TPSA) is 39.2 Å². The van der Waals surface area contributed by atoms with Crippen LogP contribution in [0.1, 0.15) is 16.1 Å². The van der Waals surface area contributed by atoms with Gasteiger partial charge in [0.05, 0.1) is 10.0 Å². The van der Waals surface area contributed by atoms with E-state index in [9.17, 15) is 4.79 Å². The van der Waals surface area contributed by atoms with Gasteiger partial charge in [-0.05, 0) is 49.4 Å². The van der Waals surface area contributed by atoms with Gasteiger partial charge in [-0.3, -0.25) is 4.79 Å². The van der Waals surface area contributed by atoms with Crippen molar-refractivity contribution in [3.8, 4) is 5.75 Å². The van der Waals surface area contributed by atoms with Gasteiger partial charge in [-0.1, -0.05) is 34.8 Å². The maximum Gasteiger partial charge on any atom is 0.200 e. The maximum absolute atomic E-state index is 12.3. The van der Waals surface area contributed by atoms with Crippen molar-refractivity contribution >= 4 is 51.5 Å². The normalized spacial score (nSPS) is 10.8. The van der Waals surface area contributed by atoms with Crippen molar-refractivity contribution in [2.75, 3.05) is 6.61 Å². The lowest BCUT2D eigenvalue weighted by atomic mass is 10.1. The summed E-state index contributed by atoms with van der Waals surface area (Å²) in [6, 6.07) is 11.9. The van der Waals surface area contributed by atoms with Crippen molar-refractivity contribution in [2.24, 2.45) is 0 Å². The molecule has 122 valence electrons. The number of halogens is 3. The molecule has 0 saturated heterocycles. The molecule has 3 rings (SSSR count). The molecule has 0 aliphatic rings. The van der Waals surface area contributed by atoms with Crippen LogP contribution in [0.2, 0.25) is 15.1 Å². The van der Waals surface area contributed by atoms with Crippen LogP contribution >= 0.6 is 34.8 Å². The molecule has 0 unspecified atom stereocenters. The van der Waals surface area contributed by atoms with E-state index in [-0.39, 0.29) is 12.4 Å². The monoisotopic (exact) mass is 379 g/mol. The van der Waals surface area contributed by atoms with Gasteiger partial charge in [0.1, 0.15) is 5.52 Å². The molecule has 0 saturated carbocycles. The summed E-state index contributed by atoms with van der Waals surface area (Å²) in [7, 11) is 0. The first-order valence-corrected chi connectivity index (χ1v) is 8.26. The Morgan fingerprint density at radius 3 is 2.46 bits per heavy atom. The summed E-state index contributed by atoms with van der Waals surface area (Å²) in [5, 5.41) is 2.09. The lowest BCUT2D eigenvalue weighted by Crippen LogP contribution is -2.12. The number of Topliss-reactive ketones (excluding diaryl/α,β-unsaturated/α-hetero) is 1. The zero-order valence-electron chi connectivity index (χ0n) is 12.6.